The van der Waals surface area contributed by atoms with Crippen molar-refractivity contribution in [2.45, 2.75) is 56.1 Å². The van der Waals surface area contributed by atoms with Gasteiger partial charge in [0.25, 0.3) is 0 Å². The van der Waals surface area contributed by atoms with E-state index in [-0.39, 0.29) is 17.2 Å². The average molecular weight is 297 g/mol. The molecule has 1 N–H and O–H groups in total. The first-order valence-corrected chi connectivity index (χ1v) is 7.87. The van der Waals surface area contributed by atoms with Gasteiger partial charge in [-0.2, -0.15) is 0 Å². The van der Waals surface area contributed by atoms with Crippen LogP contribution in [-0.2, 0) is 4.79 Å². The van der Waals surface area contributed by atoms with E-state index in [2.05, 4.69) is 33.9 Å². The number of amides is 1. The number of anilines is 1. The van der Waals surface area contributed by atoms with Gasteiger partial charge in [-0.05, 0) is 33.6 Å². The predicted molar refractivity (Wildman–Crippen MR) is 81.2 cm³/mol. The molecule has 1 saturated carbocycles. The van der Waals surface area contributed by atoms with Gasteiger partial charge in [-0.3, -0.25) is 9.36 Å². The van der Waals surface area contributed by atoms with Gasteiger partial charge in [0, 0.05) is 26.2 Å². The Balaban J connectivity index is 2.09. The van der Waals surface area contributed by atoms with Crippen LogP contribution in [0.1, 0.15) is 39.7 Å². The molecular weight excluding hydrogens is 274 g/mol. The summed E-state index contributed by atoms with van der Waals surface area (Å²) in [4.78, 5) is 14.0. The Bertz CT molecular complexity index is 481. The SMILES string of the molecule is CC(C)n1c(S[C@@H](C)C(=O)NC2CC2)nnc1N(C)C. The second-order valence-electron chi connectivity index (χ2n) is 5.68. The second-order valence-corrected chi connectivity index (χ2v) is 6.99. The summed E-state index contributed by atoms with van der Waals surface area (Å²) in [5.41, 5.74) is 0. The van der Waals surface area contributed by atoms with Gasteiger partial charge in [-0.15, -0.1) is 10.2 Å². The van der Waals surface area contributed by atoms with Crippen molar-refractivity contribution in [2.75, 3.05) is 19.0 Å². The van der Waals surface area contributed by atoms with Gasteiger partial charge in [0.2, 0.25) is 11.9 Å². The van der Waals surface area contributed by atoms with Crippen molar-refractivity contribution >= 4 is 23.6 Å². The van der Waals surface area contributed by atoms with E-state index in [9.17, 15) is 4.79 Å². The lowest BCUT2D eigenvalue weighted by molar-refractivity contribution is -0.120. The van der Waals surface area contributed by atoms with E-state index in [4.69, 9.17) is 0 Å². The number of hydrogen-bond acceptors (Lipinski definition) is 5. The summed E-state index contributed by atoms with van der Waals surface area (Å²) in [5.74, 6) is 0.902. The Labute approximate surface area is 124 Å². The van der Waals surface area contributed by atoms with Gasteiger partial charge in [0.05, 0.1) is 5.25 Å². The van der Waals surface area contributed by atoms with Crippen molar-refractivity contribution < 1.29 is 4.79 Å². The third-order valence-corrected chi connectivity index (χ3v) is 4.19. The van der Waals surface area contributed by atoms with E-state index in [1.54, 1.807) is 0 Å². The Morgan fingerprint density at radius 2 is 2.00 bits per heavy atom. The van der Waals surface area contributed by atoms with Gasteiger partial charge >= 0.3 is 0 Å². The molecule has 1 heterocycles. The van der Waals surface area contributed by atoms with Gasteiger partial charge in [-0.25, -0.2) is 0 Å². The lowest BCUT2D eigenvalue weighted by Crippen LogP contribution is -2.32. The molecule has 20 heavy (non-hydrogen) atoms. The molecule has 0 aliphatic heterocycles. The fourth-order valence-electron chi connectivity index (χ4n) is 1.86. The Kier molecular flexibility index (Phi) is 4.57. The van der Waals surface area contributed by atoms with Crippen LogP contribution in [0, 0.1) is 0 Å². The van der Waals surface area contributed by atoms with Crippen molar-refractivity contribution in [3.05, 3.63) is 0 Å². The monoisotopic (exact) mass is 297 g/mol. The first-order chi connectivity index (χ1) is 9.40. The molecule has 1 aliphatic carbocycles. The predicted octanol–water partition coefficient (Wildman–Crippen LogP) is 1.68. The number of carbonyl (C=O) groups excluding carboxylic acids is 1. The van der Waals surface area contributed by atoms with E-state index in [1.165, 1.54) is 11.8 Å². The molecule has 0 saturated heterocycles. The number of nitrogens with one attached hydrogen (secondary N) is 1. The number of carbonyl (C=O) groups is 1. The zero-order chi connectivity index (χ0) is 14.9. The molecule has 1 aromatic heterocycles. The molecule has 2 rings (SSSR count). The molecule has 1 aromatic rings. The minimum absolute atomic E-state index is 0.0854. The largest absolute Gasteiger partial charge is 0.352 e. The van der Waals surface area contributed by atoms with Crippen LogP contribution < -0.4 is 10.2 Å². The maximum atomic E-state index is 12.0. The Hall–Kier alpha value is -1.24. The maximum absolute atomic E-state index is 12.0. The van der Waals surface area contributed by atoms with Crippen molar-refractivity contribution in [1.29, 1.82) is 0 Å². The summed E-state index contributed by atoms with van der Waals surface area (Å²) < 4.78 is 2.06. The summed E-state index contributed by atoms with van der Waals surface area (Å²) >= 11 is 1.47. The Morgan fingerprint density at radius 1 is 1.35 bits per heavy atom. The number of rotatable bonds is 6. The van der Waals surface area contributed by atoms with Crippen LogP contribution in [0.15, 0.2) is 5.16 Å². The molecule has 0 aromatic carbocycles. The summed E-state index contributed by atoms with van der Waals surface area (Å²) in [6, 6.07) is 0.648. The molecule has 1 amide bonds. The molecule has 6 nitrogen and oxygen atoms in total. The molecular formula is C13H23N5OS. The number of thioether (sulfide) groups is 1. The molecule has 112 valence electrons. The summed E-state index contributed by atoms with van der Waals surface area (Å²) in [6.07, 6.45) is 2.21. The highest BCUT2D eigenvalue weighted by atomic mass is 32.2. The van der Waals surface area contributed by atoms with Gasteiger partial charge in [0.15, 0.2) is 5.16 Å². The zero-order valence-electron chi connectivity index (χ0n) is 12.8. The first-order valence-electron chi connectivity index (χ1n) is 6.99. The van der Waals surface area contributed by atoms with Crippen molar-refractivity contribution in [1.82, 2.24) is 20.1 Å². The lowest BCUT2D eigenvalue weighted by atomic mass is 10.4. The molecule has 1 fully saturated rings. The fourth-order valence-corrected chi connectivity index (χ4v) is 2.85. The van der Waals surface area contributed by atoms with Crippen LogP contribution >= 0.6 is 11.8 Å². The van der Waals surface area contributed by atoms with Crippen LogP contribution in [-0.4, -0.2) is 46.1 Å². The Morgan fingerprint density at radius 3 is 2.50 bits per heavy atom. The minimum atomic E-state index is -0.160. The molecule has 1 aliphatic rings. The number of aromatic nitrogens is 3. The van der Waals surface area contributed by atoms with Crippen molar-refractivity contribution in [3.8, 4) is 0 Å². The smallest absolute Gasteiger partial charge is 0.233 e. The quantitative estimate of drug-likeness (QED) is 0.810. The van der Waals surface area contributed by atoms with Crippen LogP contribution in [0.25, 0.3) is 0 Å². The highest BCUT2D eigenvalue weighted by Crippen LogP contribution is 2.29. The molecule has 0 spiro atoms. The third kappa shape index (κ3) is 3.45. The zero-order valence-corrected chi connectivity index (χ0v) is 13.6. The summed E-state index contributed by atoms with van der Waals surface area (Å²) in [5, 5.41) is 12.1. The van der Waals surface area contributed by atoms with Gasteiger partial charge < -0.3 is 10.2 Å². The van der Waals surface area contributed by atoms with Crippen LogP contribution in [0.5, 0.6) is 0 Å². The number of nitrogens with zero attached hydrogens (tertiary/aromatic N) is 4. The minimum Gasteiger partial charge on any atom is -0.352 e. The standard InChI is InChI=1S/C13H23N5OS/c1-8(2)18-12(17(4)5)15-16-13(18)20-9(3)11(19)14-10-6-7-10/h8-10H,6-7H2,1-5H3,(H,14,19)/t9-/m0/s1. The van der Waals surface area contributed by atoms with Gasteiger partial charge in [0.1, 0.15) is 0 Å². The molecule has 1 atom stereocenters. The van der Waals surface area contributed by atoms with E-state index in [0.717, 1.165) is 23.9 Å². The fraction of sp³-hybridized carbons (Fsp3) is 0.769. The number of hydrogen-bond donors (Lipinski definition) is 1. The topological polar surface area (TPSA) is 63.1 Å². The molecule has 0 unspecified atom stereocenters. The molecule has 7 heteroatoms. The maximum Gasteiger partial charge on any atom is 0.233 e. The molecule has 0 radical (unpaired) electrons. The van der Waals surface area contributed by atoms with Crippen molar-refractivity contribution in [3.63, 3.8) is 0 Å². The van der Waals surface area contributed by atoms with Crippen LogP contribution in [0.2, 0.25) is 0 Å². The van der Waals surface area contributed by atoms with Crippen LogP contribution in [0.3, 0.4) is 0 Å². The highest BCUT2D eigenvalue weighted by molar-refractivity contribution is 8.00. The van der Waals surface area contributed by atoms with E-state index >= 15 is 0 Å². The molecule has 0 bridgehead atoms. The third-order valence-electron chi connectivity index (χ3n) is 3.14. The van der Waals surface area contributed by atoms with Crippen molar-refractivity contribution in [2.24, 2.45) is 0 Å². The summed E-state index contributed by atoms with van der Waals surface area (Å²) in [6.45, 7) is 6.10. The van der Waals surface area contributed by atoms with Gasteiger partial charge in [-0.1, -0.05) is 11.8 Å². The lowest BCUT2D eigenvalue weighted by Gasteiger charge is -2.18. The van der Waals surface area contributed by atoms with E-state index in [1.807, 2.05) is 25.9 Å². The second kappa shape index (κ2) is 6.03. The van der Waals surface area contributed by atoms with E-state index < -0.39 is 0 Å². The highest BCUT2D eigenvalue weighted by Gasteiger charge is 2.27. The van der Waals surface area contributed by atoms with Crippen LogP contribution in [0.4, 0.5) is 5.95 Å². The average Bonchev–Trinajstić information content (AvgIpc) is 3.05. The van der Waals surface area contributed by atoms with E-state index in [0.29, 0.717) is 6.04 Å². The first kappa shape index (κ1) is 15.2. The summed E-state index contributed by atoms with van der Waals surface area (Å²) in [7, 11) is 3.89. The normalized spacial score (nSPS) is 16.3.